The largest absolute Gasteiger partial charge is 0.387 e. The highest BCUT2D eigenvalue weighted by molar-refractivity contribution is 5.84. The molecule has 0 amide bonds. The summed E-state index contributed by atoms with van der Waals surface area (Å²) >= 11 is 0. The molecule has 1 N–H and O–H groups in total. The molecule has 0 unspecified atom stereocenters. The molecule has 130 valence electrons. The summed E-state index contributed by atoms with van der Waals surface area (Å²) in [5.74, 6) is 0.789. The van der Waals surface area contributed by atoms with Crippen molar-refractivity contribution in [2.24, 2.45) is 7.05 Å². The van der Waals surface area contributed by atoms with E-state index >= 15 is 0 Å². The number of hydrogen-bond donors (Lipinski definition) is 1. The van der Waals surface area contributed by atoms with E-state index in [1.807, 2.05) is 31.4 Å². The van der Waals surface area contributed by atoms with Crippen molar-refractivity contribution in [3.8, 4) is 0 Å². The predicted molar refractivity (Wildman–Crippen MR) is 98.6 cm³/mol. The van der Waals surface area contributed by atoms with Crippen molar-refractivity contribution in [2.45, 2.75) is 6.10 Å². The highest BCUT2D eigenvalue weighted by Crippen LogP contribution is 2.26. The fourth-order valence-electron chi connectivity index (χ4n) is 3.57. The number of para-hydroxylation sites is 1. The lowest BCUT2D eigenvalue weighted by Crippen LogP contribution is -2.48. The van der Waals surface area contributed by atoms with Gasteiger partial charge in [-0.3, -0.25) is 4.90 Å². The van der Waals surface area contributed by atoms with E-state index in [-0.39, 0.29) is 0 Å². The molecule has 2 aromatic heterocycles. The van der Waals surface area contributed by atoms with Crippen LogP contribution in [0.4, 0.5) is 5.95 Å². The maximum absolute atomic E-state index is 10.8. The summed E-state index contributed by atoms with van der Waals surface area (Å²) in [6.45, 7) is 4.22. The van der Waals surface area contributed by atoms with Crippen LogP contribution in [-0.2, 0) is 7.05 Å². The minimum absolute atomic E-state index is 0.481. The van der Waals surface area contributed by atoms with Crippen molar-refractivity contribution < 1.29 is 5.11 Å². The second-order valence-electron chi connectivity index (χ2n) is 6.56. The number of aryl methyl sites for hydroxylation is 1. The Bertz CT molecular complexity index is 839. The van der Waals surface area contributed by atoms with Crippen molar-refractivity contribution >= 4 is 16.9 Å². The molecule has 1 atom stereocenters. The number of aromatic nitrogens is 3. The molecule has 4 rings (SSSR count). The minimum Gasteiger partial charge on any atom is -0.387 e. The van der Waals surface area contributed by atoms with Gasteiger partial charge in [0.25, 0.3) is 0 Å². The number of anilines is 1. The summed E-state index contributed by atoms with van der Waals surface area (Å²) in [5.41, 5.74) is 2.16. The van der Waals surface area contributed by atoms with E-state index in [4.69, 9.17) is 0 Å². The number of fused-ring (bicyclic) bond motifs is 1. The monoisotopic (exact) mass is 337 g/mol. The SMILES string of the molecule is Cn1cc([C@@H](O)CN2CCN(c3ncccn3)CC2)c2ccccc21. The Morgan fingerprint density at radius 1 is 1.04 bits per heavy atom. The molecule has 1 fully saturated rings. The van der Waals surface area contributed by atoms with E-state index in [2.05, 4.69) is 36.5 Å². The highest BCUT2D eigenvalue weighted by atomic mass is 16.3. The van der Waals surface area contributed by atoms with E-state index in [0.717, 1.165) is 48.6 Å². The van der Waals surface area contributed by atoms with Gasteiger partial charge in [-0.15, -0.1) is 0 Å². The normalized spacial score (nSPS) is 17.1. The van der Waals surface area contributed by atoms with Gasteiger partial charge in [-0.1, -0.05) is 18.2 Å². The number of aliphatic hydroxyl groups excluding tert-OH is 1. The first kappa shape index (κ1) is 16.1. The third-order valence-corrected chi connectivity index (χ3v) is 4.93. The van der Waals surface area contributed by atoms with Gasteiger partial charge in [0.15, 0.2) is 0 Å². The van der Waals surface area contributed by atoms with Crippen LogP contribution >= 0.6 is 0 Å². The Morgan fingerprint density at radius 3 is 2.52 bits per heavy atom. The zero-order chi connectivity index (χ0) is 17.2. The summed E-state index contributed by atoms with van der Waals surface area (Å²) in [4.78, 5) is 13.1. The fraction of sp³-hybridized carbons (Fsp3) is 0.368. The molecule has 3 aromatic rings. The fourth-order valence-corrected chi connectivity index (χ4v) is 3.57. The van der Waals surface area contributed by atoms with E-state index in [0.29, 0.717) is 6.54 Å². The summed E-state index contributed by atoms with van der Waals surface area (Å²) in [7, 11) is 2.02. The van der Waals surface area contributed by atoms with Crippen molar-refractivity contribution in [3.05, 3.63) is 54.5 Å². The van der Waals surface area contributed by atoms with Gasteiger partial charge in [0.2, 0.25) is 5.95 Å². The third-order valence-electron chi connectivity index (χ3n) is 4.93. The van der Waals surface area contributed by atoms with Crippen LogP contribution in [0.15, 0.2) is 48.9 Å². The summed E-state index contributed by atoms with van der Waals surface area (Å²) < 4.78 is 2.08. The van der Waals surface area contributed by atoms with Crippen molar-refractivity contribution in [2.75, 3.05) is 37.6 Å². The molecule has 6 heteroatoms. The van der Waals surface area contributed by atoms with Gasteiger partial charge in [-0.25, -0.2) is 9.97 Å². The van der Waals surface area contributed by atoms with Crippen LogP contribution < -0.4 is 4.90 Å². The topological polar surface area (TPSA) is 57.4 Å². The molecule has 0 aliphatic carbocycles. The quantitative estimate of drug-likeness (QED) is 0.787. The van der Waals surface area contributed by atoms with Gasteiger partial charge >= 0.3 is 0 Å². The number of benzene rings is 1. The number of aliphatic hydroxyl groups is 1. The van der Waals surface area contributed by atoms with Crippen LogP contribution in [0.5, 0.6) is 0 Å². The first-order chi connectivity index (χ1) is 12.2. The second-order valence-corrected chi connectivity index (χ2v) is 6.56. The molecule has 1 saturated heterocycles. The van der Waals surface area contributed by atoms with Crippen molar-refractivity contribution in [1.82, 2.24) is 19.4 Å². The lowest BCUT2D eigenvalue weighted by Gasteiger charge is -2.35. The molecule has 0 bridgehead atoms. The summed E-state index contributed by atoms with van der Waals surface area (Å²) in [6.07, 6.45) is 5.12. The molecule has 3 heterocycles. The maximum Gasteiger partial charge on any atom is 0.225 e. The maximum atomic E-state index is 10.8. The average Bonchev–Trinajstić information content (AvgIpc) is 3.00. The molecule has 25 heavy (non-hydrogen) atoms. The van der Waals surface area contributed by atoms with Crippen LogP contribution in [0.3, 0.4) is 0 Å². The van der Waals surface area contributed by atoms with Crippen LogP contribution in [0.25, 0.3) is 10.9 Å². The molecule has 0 radical (unpaired) electrons. The first-order valence-corrected chi connectivity index (χ1v) is 8.69. The Labute approximate surface area is 147 Å². The molecule has 6 nitrogen and oxygen atoms in total. The number of rotatable bonds is 4. The third kappa shape index (κ3) is 3.23. The van der Waals surface area contributed by atoms with Gasteiger partial charge in [0.05, 0.1) is 6.10 Å². The zero-order valence-electron chi connectivity index (χ0n) is 14.4. The number of nitrogens with zero attached hydrogens (tertiary/aromatic N) is 5. The number of piperazine rings is 1. The molecule has 0 saturated carbocycles. The van der Waals surface area contributed by atoms with Crippen molar-refractivity contribution in [3.63, 3.8) is 0 Å². The first-order valence-electron chi connectivity index (χ1n) is 8.69. The van der Waals surface area contributed by atoms with Gasteiger partial charge in [-0.2, -0.15) is 0 Å². The zero-order valence-corrected chi connectivity index (χ0v) is 14.4. The van der Waals surface area contributed by atoms with Crippen LogP contribution in [-0.4, -0.2) is 57.3 Å². The van der Waals surface area contributed by atoms with E-state index in [1.54, 1.807) is 12.4 Å². The lowest BCUT2D eigenvalue weighted by molar-refractivity contribution is 0.110. The molecule has 1 aliphatic rings. The van der Waals surface area contributed by atoms with Gasteiger partial charge < -0.3 is 14.6 Å². The van der Waals surface area contributed by atoms with Crippen molar-refractivity contribution in [1.29, 1.82) is 0 Å². The summed E-state index contributed by atoms with van der Waals surface area (Å²) in [5, 5.41) is 11.9. The standard InChI is InChI=1S/C19H23N5O/c1-22-13-16(15-5-2-3-6-17(15)22)18(25)14-23-9-11-24(12-10-23)19-20-7-4-8-21-19/h2-8,13,18,25H,9-12,14H2,1H3/t18-/m0/s1. The van der Waals surface area contributed by atoms with Crippen LogP contribution in [0, 0.1) is 0 Å². The molecule has 1 aliphatic heterocycles. The Balaban J connectivity index is 1.41. The van der Waals surface area contributed by atoms with E-state index < -0.39 is 6.10 Å². The smallest absolute Gasteiger partial charge is 0.225 e. The second kappa shape index (κ2) is 6.82. The van der Waals surface area contributed by atoms with E-state index in [9.17, 15) is 5.11 Å². The predicted octanol–water partition coefficient (Wildman–Crippen LogP) is 1.82. The molecule has 0 spiro atoms. The number of hydrogen-bond acceptors (Lipinski definition) is 5. The highest BCUT2D eigenvalue weighted by Gasteiger charge is 2.22. The molecular weight excluding hydrogens is 314 g/mol. The van der Waals surface area contributed by atoms with E-state index in [1.165, 1.54) is 0 Å². The van der Waals surface area contributed by atoms with Gasteiger partial charge in [-0.05, 0) is 12.1 Å². The lowest BCUT2D eigenvalue weighted by atomic mass is 10.1. The Kier molecular flexibility index (Phi) is 4.38. The Morgan fingerprint density at radius 2 is 1.76 bits per heavy atom. The molecular formula is C19H23N5O. The molecule has 1 aromatic carbocycles. The average molecular weight is 337 g/mol. The van der Waals surface area contributed by atoms with Gasteiger partial charge in [0, 0.05) is 74.8 Å². The van der Waals surface area contributed by atoms with Gasteiger partial charge in [0.1, 0.15) is 0 Å². The minimum atomic E-state index is -0.481. The number of β-amino-alcohol motifs (C(OH)–C–C–N with tert-alkyl or cyclic N) is 1. The summed E-state index contributed by atoms with van der Waals surface area (Å²) in [6, 6.07) is 10.1. The Hall–Kier alpha value is -2.44. The van der Waals surface area contributed by atoms with Crippen LogP contribution in [0.2, 0.25) is 0 Å². The van der Waals surface area contributed by atoms with Crippen LogP contribution in [0.1, 0.15) is 11.7 Å².